The fraction of sp³-hybridized carbons (Fsp3) is 0.0870. The van der Waals surface area contributed by atoms with Crippen LogP contribution in [-0.4, -0.2) is 29.0 Å². The smallest absolute Gasteiger partial charge is 0.290 e. The molecular weight excluding hydrogens is 416 g/mol. The first-order valence-corrected chi connectivity index (χ1v) is 10.9. The molecule has 0 radical (unpaired) electrons. The summed E-state index contributed by atoms with van der Waals surface area (Å²) in [6, 6.07) is 19.2. The van der Waals surface area contributed by atoms with Gasteiger partial charge in [-0.05, 0) is 58.1 Å². The summed E-state index contributed by atoms with van der Waals surface area (Å²) in [6.45, 7) is 0.536. The van der Waals surface area contributed by atoms with Gasteiger partial charge < -0.3 is 4.90 Å². The first-order valence-electron chi connectivity index (χ1n) is 9.23. The maximum Gasteiger partial charge on any atom is 0.290 e. The van der Waals surface area contributed by atoms with Crippen molar-refractivity contribution in [2.45, 2.75) is 6.54 Å². The number of nitrogens with one attached hydrogen (secondary N) is 1. The topological polar surface area (TPSA) is 66.5 Å². The Balaban J connectivity index is 1.44. The Morgan fingerprint density at radius 3 is 2.47 bits per heavy atom. The van der Waals surface area contributed by atoms with E-state index in [1.165, 1.54) is 0 Å². The van der Waals surface area contributed by atoms with E-state index in [1.807, 2.05) is 54.6 Å². The molecule has 1 aliphatic heterocycles. The summed E-state index contributed by atoms with van der Waals surface area (Å²) in [5, 5.41) is 3.97. The van der Waals surface area contributed by atoms with Crippen LogP contribution in [0, 0.1) is 0 Å². The Labute approximate surface area is 182 Å². The van der Waals surface area contributed by atoms with Crippen LogP contribution < -0.4 is 5.32 Å². The molecule has 1 aromatic heterocycles. The third-order valence-corrected chi connectivity index (χ3v) is 6.41. The van der Waals surface area contributed by atoms with Gasteiger partial charge in [-0.25, -0.2) is 0 Å². The molecule has 5 nitrogen and oxygen atoms in total. The lowest BCUT2D eigenvalue weighted by molar-refractivity contribution is -0.115. The van der Waals surface area contributed by atoms with Crippen molar-refractivity contribution in [1.29, 1.82) is 0 Å². The van der Waals surface area contributed by atoms with E-state index in [-0.39, 0.29) is 17.1 Å². The van der Waals surface area contributed by atoms with Crippen LogP contribution in [0.4, 0.5) is 4.79 Å². The largest absolute Gasteiger partial charge is 0.337 e. The van der Waals surface area contributed by atoms with Gasteiger partial charge in [0, 0.05) is 24.0 Å². The van der Waals surface area contributed by atoms with Crippen molar-refractivity contribution < 1.29 is 14.4 Å². The SMILES string of the molecule is CN(Cc1csc(-c2ccc(C=C3SC(=O)NC3=O)cc2)c1)C(=O)c1ccccc1. The second-order valence-electron chi connectivity index (χ2n) is 6.82. The van der Waals surface area contributed by atoms with Crippen molar-refractivity contribution >= 4 is 46.2 Å². The number of nitrogens with zero attached hydrogens (tertiary/aromatic N) is 1. The van der Waals surface area contributed by atoms with Gasteiger partial charge in [0.2, 0.25) is 0 Å². The molecule has 1 N–H and O–H groups in total. The van der Waals surface area contributed by atoms with Gasteiger partial charge in [-0.15, -0.1) is 11.3 Å². The van der Waals surface area contributed by atoms with E-state index in [2.05, 4.69) is 16.8 Å². The molecule has 150 valence electrons. The van der Waals surface area contributed by atoms with E-state index in [9.17, 15) is 14.4 Å². The predicted molar refractivity (Wildman–Crippen MR) is 121 cm³/mol. The Morgan fingerprint density at radius 2 is 1.80 bits per heavy atom. The van der Waals surface area contributed by atoms with E-state index < -0.39 is 0 Å². The third kappa shape index (κ3) is 4.53. The predicted octanol–water partition coefficient (Wildman–Crippen LogP) is 5.01. The monoisotopic (exact) mass is 434 g/mol. The van der Waals surface area contributed by atoms with Crippen molar-refractivity contribution in [2.75, 3.05) is 7.05 Å². The maximum absolute atomic E-state index is 12.5. The first kappa shape index (κ1) is 20.1. The van der Waals surface area contributed by atoms with Crippen LogP contribution in [0.25, 0.3) is 16.5 Å². The van der Waals surface area contributed by atoms with Crippen molar-refractivity contribution in [1.82, 2.24) is 10.2 Å². The van der Waals surface area contributed by atoms with E-state index >= 15 is 0 Å². The number of hydrogen-bond acceptors (Lipinski definition) is 5. The minimum atomic E-state index is -0.355. The molecule has 1 fully saturated rings. The molecule has 4 rings (SSSR count). The van der Waals surface area contributed by atoms with Gasteiger partial charge in [-0.3, -0.25) is 19.7 Å². The zero-order valence-electron chi connectivity index (χ0n) is 16.1. The minimum absolute atomic E-state index is 0.00644. The Morgan fingerprint density at radius 1 is 1.07 bits per heavy atom. The lowest BCUT2D eigenvalue weighted by Gasteiger charge is -2.16. The van der Waals surface area contributed by atoms with Crippen molar-refractivity contribution in [3.63, 3.8) is 0 Å². The number of benzene rings is 2. The van der Waals surface area contributed by atoms with Crippen LogP contribution in [-0.2, 0) is 11.3 Å². The number of imide groups is 1. The van der Waals surface area contributed by atoms with Gasteiger partial charge >= 0.3 is 0 Å². The van der Waals surface area contributed by atoms with Crippen LogP contribution in [0.15, 0.2) is 70.9 Å². The fourth-order valence-corrected chi connectivity index (χ4v) is 4.67. The highest BCUT2D eigenvalue weighted by Crippen LogP contribution is 2.30. The van der Waals surface area contributed by atoms with Gasteiger partial charge in [0.05, 0.1) is 4.91 Å². The third-order valence-electron chi connectivity index (χ3n) is 4.58. The standard InChI is InChI=1S/C23H18N2O3S2/c1-25(22(27)18-5-3-2-4-6-18)13-16-12-19(29-14-16)17-9-7-15(8-10-17)11-20-21(26)24-23(28)30-20/h2-12,14H,13H2,1H3,(H,24,26,28). The molecular formula is C23H18N2O3S2. The number of carbonyl (C=O) groups excluding carboxylic acids is 3. The summed E-state index contributed by atoms with van der Waals surface area (Å²) in [5.41, 5.74) is 3.67. The Kier molecular flexibility index (Phi) is 5.83. The normalized spacial score (nSPS) is 14.8. The quantitative estimate of drug-likeness (QED) is 0.573. The zero-order chi connectivity index (χ0) is 21.1. The first-order chi connectivity index (χ1) is 14.5. The Bertz CT molecular complexity index is 1130. The zero-order valence-corrected chi connectivity index (χ0v) is 17.8. The summed E-state index contributed by atoms with van der Waals surface area (Å²) in [6.07, 6.45) is 1.71. The number of carbonyl (C=O) groups is 3. The maximum atomic E-state index is 12.5. The summed E-state index contributed by atoms with van der Waals surface area (Å²) in [7, 11) is 1.80. The number of thioether (sulfide) groups is 1. The highest BCUT2D eigenvalue weighted by molar-refractivity contribution is 8.18. The van der Waals surface area contributed by atoms with Gasteiger partial charge in [-0.2, -0.15) is 0 Å². The van der Waals surface area contributed by atoms with Gasteiger partial charge in [0.1, 0.15) is 0 Å². The average molecular weight is 435 g/mol. The molecule has 2 heterocycles. The van der Waals surface area contributed by atoms with E-state index in [0.717, 1.165) is 33.3 Å². The van der Waals surface area contributed by atoms with Gasteiger partial charge in [0.15, 0.2) is 0 Å². The van der Waals surface area contributed by atoms with Crippen LogP contribution in [0.2, 0.25) is 0 Å². The number of hydrogen-bond donors (Lipinski definition) is 1. The van der Waals surface area contributed by atoms with Crippen molar-refractivity contribution in [3.05, 3.63) is 87.6 Å². The highest BCUT2D eigenvalue weighted by atomic mass is 32.2. The lowest BCUT2D eigenvalue weighted by atomic mass is 10.1. The summed E-state index contributed by atoms with van der Waals surface area (Å²) in [5.74, 6) is -0.362. The number of rotatable bonds is 5. The van der Waals surface area contributed by atoms with Crippen LogP contribution in [0.1, 0.15) is 21.5 Å². The van der Waals surface area contributed by atoms with Crippen LogP contribution in [0.3, 0.4) is 0 Å². The second-order valence-corrected chi connectivity index (χ2v) is 8.75. The second kappa shape index (κ2) is 8.69. The summed E-state index contributed by atoms with van der Waals surface area (Å²) >= 11 is 2.54. The van der Waals surface area contributed by atoms with Gasteiger partial charge in [0.25, 0.3) is 17.1 Å². The molecule has 0 unspecified atom stereocenters. The molecule has 7 heteroatoms. The molecule has 30 heavy (non-hydrogen) atoms. The van der Waals surface area contributed by atoms with Crippen LogP contribution in [0.5, 0.6) is 0 Å². The van der Waals surface area contributed by atoms with E-state index in [1.54, 1.807) is 29.4 Å². The van der Waals surface area contributed by atoms with Gasteiger partial charge in [-0.1, -0.05) is 42.5 Å². The van der Waals surface area contributed by atoms with E-state index in [4.69, 9.17) is 0 Å². The van der Waals surface area contributed by atoms with Crippen molar-refractivity contribution in [3.8, 4) is 10.4 Å². The van der Waals surface area contributed by atoms with E-state index in [0.29, 0.717) is 17.0 Å². The summed E-state index contributed by atoms with van der Waals surface area (Å²) < 4.78 is 0. The molecule has 0 aliphatic carbocycles. The molecule has 3 aromatic rings. The molecule has 1 saturated heterocycles. The van der Waals surface area contributed by atoms with Crippen LogP contribution >= 0.6 is 23.1 Å². The van der Waals surface area contributed by atoms with Crippen molar-refractivity contribution in [2.24, 2.45) is 0 Å². The summed E-state index contributed by atoms with van der Waals surface area (Å²) in [4.78, 5) is 38.7. The lowest BCUT2D eigenvalue weighted by Crippen LogP contribution is -2.25. The molecule has 0 bridgehead atoms. The molecule has 0 atom stereocenters. The number of thiophene rings is 1. The molecule has 1 aliphatic rings. The Hall–Kier alpha value is -3.16. The highest BCUT2D eigenvalue weighted by Gasteiger charge is 2.24. The molecule has 0 spiro atoms. The average Bonchev–Trinajstić information content (AvgIpc) is 3.34. The molecule has 2 aromatic carbocycles. The fourth-order valence-electron chi connectivity index (χ4n) is 3.07. The molecule has 3 amide bonds. The minimum Gasteiger partial charge on any atom is -0.337 e. The number of amides is 3. The molecule has 0 saturated carbocycles.